The van der Waals surface area contributed by atoms with Crippen LogP contribution in [0.1, 0.15) is 36.5 Å². The number of nitrogens with two attached hydrogens (primary N) is 1. The first-order valence-corrected chi connectivity index (χ1v) is 10.3. The number of nitrogen functional groups attached to an aromatic ring is 1. The number of hydrogen-bond donors (Lipinski definition) is 3. The SMILES string of the molecule is CCOC(=O)C1=C(C)Nc2nc(=O)[nH]c(N)c2C1c1ccccc1OCc1ccccc1. The zero-order valence-corrected chi connectivity index (χ0v) is 17.8. The molecule has 0 amide bonds. The van der Waals surface area contributed by atoms with Gasteiger partial charge in [-0.3, -0.25) is 4.98 Å². The lowest BCUT2D eigenvalue weighted by molar-refractivity contribution is -0.138. The second kappa shape index (κ2) is 8.97. The highest BCUT2D eigenvalue weighted by Crippen LogP contribution is 2.45. The molecule has 1 atom stereocenters. The van der Waals surface area contributed by atoms with E-state index < -0.39 is 17.6 Å². The first-order valence-electron chi connectivity index (χ1n) is 10.3. The second-order valence-electron chi connectivity index (χ2n) is 7.35. The van der Waals surface area contributed by atoms with Crippen LogP contribution in [0.2, 0.25) is 0 Å². The molecule has 1 aliphatic rings. The van der Waals surface area contributed by atoms with Crippen LogP contribution in [0.3, 0.4) is 0 Å². The van der Waals surface area contributed by atoms with Gasteiger partial charge < -0.3 is 20.5 Å². The number of esters is 1. The quantitative estimate of drug-likeness (QED) is 0.511. The highest BCUT2D eigenvalue weighted by atomic mass is 16.5. The van der Waals surface area contributed by atoms with Gasteiger partial charge in [-0.2, -0.15) is 4.98 Å². The summed E-state index contributed by atoms with van der Waals surface area (Å²) in [7, 11) is 0. The first kappa shape index (κ1) is 21.2. The summed E-state index contributed by atoms with van der Waals surface area (Å²) >= 11 is 0. The number of aromatic amines is 1. The van der Waals surface area contributed by atoms with E-state index in [2.05, 4.69) is 15.3 Å². The zero-order chi connectivity index (χ0) is 22.7. The molecule has 4 rings (SSSR count). The van der Waals surface area contributed by atoms with Gasteiger partial charge in [-0.25, -0.2) is 9.59 Å². The molecule has 0 saturated carbocycles. The lowest BCUT2D eigenvalue weighted by Crippen LogP contribution is -2.29. The fraction of sp³-hybridized carbons (Fsp3) is 0.208. The minimum atomic E-state index is -0.637. The van der Waals surface area contributed by atoms with Crippen molar-refractivity contribution >= 4 is 17.6 Å². The van der Waals surface area contributed by atoms with E-state index in [0.717, 1.165) is 5.56 Å². The van der Waals surface area contributed by atoms with Crippen LogP contribution < -0.4 is 21.5 Å². The Morgan fingerprint density at radius 2 is 1.84 bits per heavy atom. The lowest BCUT2D eigenvalue weighted by atomic mass is 9.81. The van der Waals surface area contributed by atoms with E-state index in [1.165, 1.54) is 0 Å². The number of aromatic nitrogens is 2. The molecule has 3 aromatic rings. The largest absolute Gasteiger partial charge is 0.489 e. The van der Waals surface area contributed by atoms with E-state index in [-0.39, 0.29) is 12.4 Å². The summed E-state index contributed by atoms with van der Waals surface area (Å²) in [4.78, 5) is 31.5. The van der Waals surface area contributed by atoms with Gasteiger partial charge in [0.25, 0.3) is 0 Å². The van der Waals surface area contributed by atoms with Crippen molar-refractivity contribution in [1.82, 2.24) is 9.97 Å². The van der Waals surface area contributed by atoms with Crippen molar-refractivity contribution in [3.8, 4) is 5.75 Å². The van der Waals surface area contributed by atoms with Gasteiger partial charge in [-0.15, -0.1) is 0 Å². The average molecular weight is 432 g/mol. The maximum Gasteiger partial charge on any atom is 0.348 e. The molecule has 0 aliphatic carbocycles. The molecular weight excluding hydrogens is 408 g/mol. The minimum absolute atomic E-state index is 0.129. The molecule has 1 unspecified atom stereocenters. The predicted octanol–water partition coefficient (Wildman–Crippen LogP) is 3.33. The highest BCUT2D eigenvalue weighted by molar-refractivity contribution is 5.95. The maximum absolute atomic E-state index is 13.0. The van der Waals surface area contributed by atoms with Crippen molar-refractivity contribution in [2.24, 2.45) is 0 Å². The molecule has 4 N–H and O–H groups in total. The van der Waals surface area contributed by atoms with Gasteiger partial charge in [0.2, 0.25) is 0 Å². The van der Waals surface area contributed by atoms with E-state index in [1.54, 1.807) is 13.8 Å². The number of hydrogen-bond acceptors (Lipinski definition) is 7. The molecule has 0 fully saturated rings. The number of rotatable bonds is 6. The van der Waals surface area contributed by atoms with Gasteiger partial charge in [0.05, 0.1) is 18.1 Å². The Kier molecular flexibility index (Phi) is 5.93. The molecule has 2 heterocycles. The molecule has 0 radical (unpaired) electrons. The predicted molar refractivity (Wildman–Crippen MR) is 121 cm³/mol. The van der Waals surface area contributed by atoms with Gasteiger partial charge in [0.15, 0.2) is 0 Å². The zero-order valence-electron chi connectivity index (χ0n) is 17.8. The van der Waals surface area contributed by atoms with Crippen LogP contribution in [-0.4, -0.2) is 22.5 Å². The van der Waals surface area contributed by atoms with Crippen LogP contribution in [0, 0.1) is 0 Å². The Labute approximate surface area is 185 Å². The van der Waals surface area contributed by atoms with E-state index in [9.17, 15) is 9.59 Å². The number of nitrogens with zero attached hydrogens (tertiary/aromatic N) is 1. The number of allylic oxidation sites excluding steroid dienone is 1. The minimum Gasteiger partial charge on any atom is -0.489 e. The number of carbonyl (C=O) groups excluding carboxylic acids is 1. The lowest BCUT2D eigenvalue weighted by Gasteiger charge is -2.30. The van der Waals surface area contributed by atoms with Gasteiger partial charge in [-0.1, -0.05) is 48.5 Å². The summed E-state index contributed by atoms with van der Waals surface area (Å²) in [6, 6.07) is 17.2. The van der Waals surface area contributed by atoms with Crippen LogP contribution in [0.25, 0.3) is 0 Å². The third-order valence-electron chi connectivity index (χ3n) is 5.25. The monoisotopic (exact) mass is 432 g/mol. The van der Waals surface area contributed by atoms with Crippen molar-refractivity contribution in [3.63, 3.8) is 0 Å². The van der Waals surface area contributed by atoms with Crippen molar-refractivity contribution in [2.45, 2.75) is 26.4 Å². The summed E-state index contributed by atoms with van der Waals surface area (Å²) < 4.78 is 11.5. The van der Waals surface area contributed by atoms with E-state index in [0.29, 0.717) is 40.6 Å². The molecule has 1 aromatic heterocycles. The van der Waals surface area contributed by atoms with Gasteiger partial charge in [0.1, 0.15) is 24.0 Å². The van der Waals surface area contributed by atoms with Crippen LogP contribution in [-0.2, 0) is 16.1 Å². The van der Waals surface area contributed by atoms with Crippen LogP contribution in [0.4, 0.5) is 11.6 Å². The first-order chi connectivity index (χ1) is 15.5. The van der Waals surface area contributed by atoms with Gasteiger partial charge >= 0.3 is 11.7 Å². The molecular formula is C24H24N4O4. The summed E-state index contributed by atoms with van der Waals surface area (Å²) in [6.07, 6.45) is 0. The van der Waals surface area contributed by atoms with Crippen molar-refractivity contribution in [3.05, 3.63) is 93.0 Å². The number of benzene rings is 2. The van der Waals surface area contributed by atoms with Crippen LogP contribution in [0.15, 0.2) is 70.7 Å². The Morgan fingerprint density at radius 3 is 2.59 bits per heavy atom. The highest BCUT2D eigenvalue weighted by Gasteiger charge is 2.37. The van der Waals surface area contributed by atoms with Crippen molar-refractivity contribution in [2.75, 3.05) is 17.7 Å². The Balaban J connectivity index is 1.85. The number of H-pyrrole nitrogens is 1. The molecule has 0 spiro atoms. The number of fused-ring (bicyclic) bond motifs is 1. The number of ether oxygens (including phenoxy) is 2. The number of nitrogens with one attached hydrogen (secondary N) is 2. The third-order valence-corrected chi connectivity index (χ3v) is 5.25. The Bertz CT molecular complexity index is 1230. The van der Waals surface area contributed by atoms with E-state index in [1.807, 2.05) is 54.6 Å². The normalized spacial score (nSPS) is 15.0. The number of anilines is 2. The number of para-hydroxylation sites is 1. The molecule has 1 aliphatic heterocycles. The molecule has 8 heteroatoms. The fourth-order valence-electron chi connectivity index (χ4n) is 3.87. The maximum atomic E-state index is 13.0. The molecule has 2 aromatic carbocycles. The Hall–Kier alpha value is -4.07. The van der Waals surface area contributed by atoms with Gasteiger partial charge in [0, 0.05) is 16.8 Å². The summed E-state index contributed by atoms with van der Waals surface area (Å²) in [5.41, 5.74) is 8.78. The summed E-state index contributed by atoms with van der Waals surface area (Å²) in [5.74, 6) is -0.0861. The Morgan fingerprint density at radius 1 is 1.12 bits per heavy atom. The van der Waals surface area contributed by atoms with E-state index in [4.69, 9.17) is 15.2 Å². The fourth-order valence-corrected chi connectivity index (χ4v) is 3.87. The average Bonchev–Trinajstić information content (AvgIpc) is 2.77. The molecule has 8 nitrogen and oxygen atoms in total. The molecule has 164 valence electrons. The van der Waals surface area contributed by atoms with Gasteiger partial charge in [-0.05, 0) is 25.5 Å². The molecule has 32 heavy (non-hydrogen) atoms. The topological polar surface area (TPSA) is 119 Å². The molecule has 0 bridgehead atoms. The van der Waals surface area contributed by atoms with Crippen LogP contribution >= 0.6 is 0 Å². The van der Waals surface area contributed by atoms with Crippen molar-refractivity contribution < 1.29 is 14.3 Å². The third kappa shape index (κ3) is 4.07. The number of carbonyl (C=O) groups is 1. The molecule has 0 saturated heterocycles. The van der Waals surface area contributed by atoms with E-state index >= 15 is 0 Å². The second-order valence-corrected chi connectivity index (χ2v) is 7.35. The summed E-state index contributed by atoms with van der Waals surface area (Å²) in [6.45, 7) is 4.07. The smallest absolute Gasteiger partial charge is 0.348 e. The summed E-state index contributed by atoms with van der Waals surface area (Å²) in [5, 5.41) is 3.03. The van der Waals surface area contributed by atoms with Crippen molar-refractivity contribution in [1.29, 1.82) is 0 Å². The van der Waals surface area contributed by atoms with Crippen LogP contribution in [0.5, 0.6) is 5.75 Å². The standard InChI is InChI=1S/C24H24N4O4/c1-3-31-23(29)18-14(2)26-22-20(21(25)27-24(30)28-22)19(18)16-11-7-8-12-17(16)32-13-15-9-5-4-6-10-15/h4-12,19H,3,13H2,1-2H3,(H4,25,26,27,28,30).